The molecular weight excluding hydrogens is 310 g/mol. The predicted octanol–water partition coefficient (Wildman–Crippen LogP) is 2.65. The Morgan fingerprint density at radius 3 is 3.00 bits per heavy atom. The lowest BCUT2D eigenvalue weighted by Crippen LogP contribution is -2.34. The number of ether oxygens (including phenoxy) is 1. The van der Waals surface area contributed by atoms with Gasteiger partial charge in [-0.3, -0.25) is 10.1 Å². The minimum atomic E-state index is -0.873. The monoisotopic (exact) mass is 327 g/mol. The van der Waals surface area contributed by atoms with Gasteiger partial charge >= 0.3 is 5.97 Å². The Morgan fingerprint density at radius 1 is 1.63 bits per heavy atom. The molecule has 0 radical (unpaired) electrons. The molecule has 1 saturated heterocycles. The predicted molar refractivity (Wildman–Crippen MR) is 76.2 cm³/mol. The van der Waals surface area contributed by atoms with Crippen LogP contribution in [0.25, 0.3) is 0 Å². The number of halogens is 1. The fourth-order valence-corrected chi connectivity index (χ4v) is 2.97. The van der Waals surface area contributed by atoms with Gasteiger partial charge in [-0.25, -0.2) is 0 Å². The Balaban J connectivity index is 2.08. The van der Waals surface area contributed by atoms with Crippen molar-refractivity contribution in [1.82, 2.24) is 5.32 Å². The number of benzene rings is 1. The third-order valence-electron chi connectivity index (χ3n) is 3.29. The first kappa shape index (κ1) is 14.5. The summed E-state index contributed by atoms with van der Waals surface area (Å²) < 4.78 is 6.32. The Kier molecular flexibility index (Phi) is 4.96. The molecule has 0 spiro atoms. The highest BCUT2D eigenvalue weighted by molar-refractivity contribution is 9.10. The normalized spacial score (nSPS) is 20.4. The first-order valence-corrected chi connectivity index (χ1v) is 7.21. The van der Waals surface area contributed by atoms with E-state index in [1.165, 1.54) is 0 Å². The second-order valence-electron chi connectivity index (χ2n) is 4.84. The fraction of sp³-hybridized carbons (Fsp3) is 0.500. The first-order chi connectivity index (χ1) is 9.08. The van der Waals surface area contributed by atoms with Crippen LogP contribution in [0.5, 0.6) is 0 Å². The highest BCUT2D eigenvalue weighted by Crippen LogP contribution is 2.25. The van der Waals surface area contributed by atoms with Crippen LogP contribution in [-0.2, 0) is 9.53 Å². The van der Waals surface area contributed by atoms with E-state index in [1.807, 2.05) is 25.1 Å². The smallest absolute Gasteiger partial charge is 0.325 e. The summed E-state index contributed by atoms with van der Waals surface area (Å²) in [5, 5.41) is 12.5. The Hall–Kier alpha value is -0.910. The summed E-state index contributed by atoms with van der Waals surface area (Å²) >= 11 is 3.43. The van der Waals surface area contributed by atoms with Crippen LogP contribution in [0.15, 0.2) is 22.7 Å². The van der Waals surface area contributed by atoms with Crippen LogP contribution in [0.1, 0.15) is 30.0 Å². The molecule has 19 heavy (non-hydrogen) atoms. The zero-order chi connectivity index (χ0) is 13.8. The highest BCUT2D eigenvalue weighted by atomic mass is 79.9. The third-order valence-corrected chi connectivity index (χ3v) is 3.97. The lowest BCUT2D eigenvalue weighted by atomic mass is 10.0. The van der Waals surface area contributed by atoms with E-state index in [9.17, 15) is 9.90 Å². The lowest BCUT2D eigenvalue weighted by molar-refractivity contribution is -0.139. The quantitative estimate of drug-likeness (QED) is 0.872. The molecule has 4 nitrogen and oxygen atoms in total. The van der Waals surface area contributed by atoms with Gasteiger partial charge in [0, 0.05) is 17.6 Å². The van der Waals surface area contributed by atoms with E-state index in [2.05, 4.69) is 21.2 Å². The first-order valence-electron chi connectivity index (χ1n) is 6.42. The molecule has 1 aliphatic rings. The molecule has 1 aliphatic heterocycles. The van der Waals surface area contributed by atoms with Gasteiger partial charge in [0.1, 0.15) is 6.04 Å². The summed E-state index contributed by atoms with van der Waals surface area (Å²) in [6, 6.07) is 4.99. The average Bonchev–Trinajstić information content (AvgIpc) is 2.84. The molecule has 104 valence electrons. The zero-order valence-electron chi connectivity index (χ0n) is 10.9. The molecule has 0 saturated carbocycles. The Bertz CT molecular complexity index is 458. The van der Waals surface area contributed by atoms with Crippen LogP contribution in [0.4, 0.5) is 0 Å². The van der Waals surface area contributed by atoms with Crippen LogP contribution >= 0.6 is 15.9 Å². The largest absolute Gasteiger partial charge is 0.480 e. The van der Waals surface area contributed by atoms with E-state index in [-0.39, 0.29) is 6.10 Å². The van der Waals surface area contributed by atoms with Crippen molar-refractivity contribution >= 4 is 21.9 Å². The highest BCUT2D eigenvalue weighted by Gasteiger charge is 2.24. The van der Waals surface area contributed by atoms with Gasteiger partial charge in [-0.1, -0.05) is 28.1 Å². The van der Waals surface area contributed by atoms with Gasteiger partial charge in [0.25, 0.3) is 0 Å². The van der Waals surface area contributed by atoms with Gasteiger partial charge in [-0.05, 0) is 37.0 Å². The van der Waals surface area contributed by atoms with Crippen LogP contribution in [0.2, 0.25) is 0 Å². The maximum absolute atomic E-state index is 11.4. The molecule has 2 rings (SSSR count). The lowest BCUT2D eigenvalue weighted by Gasteiger charge is -2.19. The third kappa shape index (κ3) is 3.78. The summed E-state index contributed by atoms with van der Waals surface area (Å²) in [6.45, 7) is 3.32. The van der Waals surface area contributed by atoms with Crippen LogP contribution in [0.3, 0.4) is 0 Å². The maximum Gasteiger partial charge on any atom is 0.325 e. The Morgan fingerprint density at radius 2 is 2.42 bits per heavy atom. The van der Waals surface area contributed by atoms with Crippen LogP contribution < -0.4 is 5.32 Å². The molecule has 2 unspecified atom stereocenters. The summed E-state index contributed by atoms with van der Waals surface area (Å²) in [5.41, 5.74) is 1.84. The molecule has 0 amide bonds. The van der Waals surface area contributed by atoms with Gasteiger partial charge in [0.2, 0.25) is 0 Å². The number of carboxylic acids is 1. The summed E-state index contributed by atoms with van der Waals surface area (Å²) in [7, 11) is 0. The molecule has 2 N–H and O–H groups in total. The molecule has 0 aliphatic carbocycles. The number of aliphatic carboxylic acids is 1. The van der Waals surface area contributed by atoms with E-state index in [4.69, 9.17) is 4.74 Å². The average molecular weight is 328 g/mol. The minimum absolute atomic E-state index is 0.131. The van der Waals surface area contributed by atoms with Crippen LogP contribution in [0, 0.1) is 6.92 Å². The minimum Gasteiger partial charge on any atom is -0.480 e. The van der Waals surface area contributed by atoms with Gasteiger partial charge in [-0.2, -0.15) is 0 Å². The van der Waals surface area contributed by atoms with Crippen LogP contribution in [-0.4, -0.2) is 30.3 Å². The van der Waals surface area contributed by atoms with Gasteiger partial charge in [0.05, 0.1) is 6.10 Å². The topological polar surface area (TPSA) is 58.6 Å². The Labute approximate surface area is 121 Å². The molecule has 1 aromatic rings. The SMILES string of the molecule is Cc1ccc(C(NCC2CCCO2)C(=O)O)c(Br)c1. The number of hydrogen-bond acceptors (Lipinski definition) is 3. The van der Waals surface area contributed by atoms with Gasteiger partial charge in [-0.15, -0.1) is 0 Å². The van der Waals surface area contributed by atoms with Crippen molar-refractivity contribution in [2.75, 3.05) is 13.2 Å². The van der Waals surface area contributed by atoms with E-state index in [0.717, 1.165) is 35.0 Å². The van der Waals surface area contributed by atoms with Crippen molar-refractivity contribution in [3.8, 4) is 0 Å². The van der Waals surface area contributed by atoms with Crippen molar-refractivity contribution in [2.24, 2.45) is 0 Å². The van der Waals surface area contributed by atoms with E-state index < -0.39 is 12.0 Å². The standard InChI is InChI=1S/C14H18BrNO3/c1-9-4-5-11(12(15)7-9)13(14(17)18)16-8-10-3-2-6-19-10/h4-5,7,10,13,16H,2-3,6,8H2,1H3,(H,17,18). The second kappa shape index (κ2) is 6.50. The molecule has 1 fully saturated rings. The van der Waals surface area contributed by atoms with Gasteiger partial charge in [0.15, 0.2) is 0 Å². The second-order valence-corrected chi connectivity index (χ2v) is 5.69. The fourth-order valence-electron chi connectivity index (χ4n) is 2.25. The molecule has 1 aromatic carbocycles. The zero-order valence-corrected chi connectivity index (χ0v) is 12.4. The molecule has 0 aromatic heterocycles. The molecule has 2 atom stereocenters. The van der Waals surface area contributed by atoms with Crippen molar-refractivity contribution < 1.29 is 14.6 Å². The summed E-state index contributed by atoms with van der Waals surface area (Å²) in [4.78, 5) is 11.4. The van der Waals surface area contributed by atoms with E-state index in [0.29, 0.717) is 6.54 Å². The van der Waals surface area contributed by atoms with Crippen molar-refractivity contribution in [3.63, 3.8) is 0 Å². The van der Waals surface area contributed by atoms with Crippen molar-refractivity contribution in [3.05, 3.63) is 33.8 Å². The van der Waals surface area contributed by atoms with Crippen molar-refractivity contribution in [2.45, 2.75) is 31.9 Å². The molecular formula is C14H18BrNO3. The summed E-state index contributed by atoms with van der Waals surface area (Å²) in [6.07, 6.45) is 2.18. The van der Waals surface area contributed by atoms with Crippen molar-refractivity contribution in [1.29, 1.82) is 0 Å². The summed E-state index contributed by atoms with van der Waals surface area (Å²) in [5.74, 6) is -0.873. The maximum atomic E-state index is 11.4. The van der Waals surface area contributed by atoms with E-state index >= 15 is 0 Å². The molecule has 1 heterocycles. The number of carbonyl (C=O) groups is 1. The molecule has 0 bridgehead atoms. The van der Waals surface area contributed by atoms with Gasteiger partial charge < -0.3 is 9.84 Å². The molecule has 5 heteroatoms. The number of rotatable bonds is 5. The van der Waals surface area contributed by atoms with E-state index in [1.54, 1.807) is 0 Å². The number of hydrogen-bond donors (Lipinski definition) is 2. The number of carboxylic acid groups (broad SMARTS) is 1. The number of nitrogens with one attached hydrogen (secondary N) is 1. The number of aryl methyl sites for hydroxylation is 1.